The predicted molar refractivity (Wildman–Crippen MR) is 134 cm³/mol. The fourth-order valence-electron chi connectivity index (χ4n) is 2.77. The van der Waals surface area contributed by atoms with E-state index in [1.165, 1.54) is 18.3 Å². The summed E-state index contributed by atoms with van der Waals surface area (Å²) in [7, 11) is 0. The highest BCUT2D eigenvalue weighted by Crippen LogP contribution is 2.37. The topological polar surface area (TPSA) is 103 Å². The Morgan fingerprint density at radius 3 is 2.48 bits per heavy atom. The predicted octanol–water partition coefficient (Wildman–Crippen LogP) is 5.59. The van der Waals surface area contributed by atoms with Gasteiger partial charge < -0.3 is 9.47 Å². The van der Waals surface area contributed by atoms with Gasteiger partial charge in [-0.2, -0.15) is 5.10 Å². The van der Waals surface area contributed by atoms with Gasteiger partial charge in [-0.05, 0) is 89.2 Å². The minimum Gasteiger partial charge on any atom is -0.490 e. The van der Waals surface area contributed by atoms with Crippen LogP contribution in [0.15, 0.2) is 65.8 Å². The molecule has 3 aromatic rings. The molecule has 1 amide bonds. The molecule has 0 heterocycles. The number of hydrogen-bond donors (Lipinski definition) is 1. The van der Waals surface area contributed by atoms with Gasteiger partial charge in [0, 0.05) is 21.3 Å². The van der Waals surface area contributed by atoms with Gasteiger partial charge in [0.2, 0.25) is 0 Å². The van der Waals surface area contributed by atoms with Gasteiger partial charge in [0.15, 0.2) is 11.5 Å². The van der Waals surface area contributed by atoms with Gasteiger partial charge in [0.25, 0.3) is 11.6 Å². The van der Waals surface area contributed by atoms with Crippen molar-refractivity contribution in [3.63, 3.8) is 0 Å². The molecule has 0 spiro atoms. The van der Waals surface area contributed by atoms with E-state index in [1.807, 2.05) is 19.1 Å². The molecule has 0 unspecified atom stereocenters. The average molecular weight is 580 g/mol. The lowest BCUT2D eigenvalue weighted by Crippen LogP contribution is -2.17. The molecular formula is C23H19ClIN3O5. The van der Waals surface area contributed by atoms with E-state index in [2.05, 4.69) is 33.1 Å². The standard InChI is InChI=1S/C23H19ClIN3O5/c1-2-32-21-12-16(13-26-27-23(29)17-5-7-18(25)8-6-17)11-20(24)22(21)33-14-15-3-9-19(10-4-15)28(30)31/h3-13H,2,14H2,1H3,(H,27,29)/b26-13-. The number of nitrogens with one attached hydrogen (secondary N) is 1. The molecule has 8 nitrogen and oxygen atoms in total. The molecule has 0 bridgehead atoms. The van der Waals surface area contributed by atoms with Gasteiger partial charge in [-0.15, -0.1) is 0 Å². The molecule has 10 heteroatoms. The summed E-state index contributed by atoms with van der Waals surface area (Å²) in [6.07, 6.45) is 1.46. The van der Waals surface area contributed by atoms with Crippen molar-refractivity contribution in [2.45, 2.75) is 13.5 Å². The van der Waals surface area contributed by atoms with E-state index in [4.69, 9.17) is 21.1 Å². The highest BCUT2D eigenvalue weighted by atomic mass is 127. The van der Waals surface area contributed by atoms with E-state index in [1.54, 1.807) is 36.4 Å². The van der Waals surface area contributed by atoms with Crippen LogP contribution in [0.4, 0.5) is 5.69 Å². The molecule has 0 saturated carbocycles. The molecule has 0 radical (unpaired) electrons. The van der Waals surface area contributed by atoms with Crippen LogP contribution in [0.25, 0.3) is 0 Å². The summed E-state index contributed by atoms with van der Waals surface area (Å²) in [5.74, 6) is 0.427. The molecule has 0 aromatic heterocycles. The molecule has 1 N–H and O–H groups in total. The van der Waals surface area contributed by atoms with Crippen LogP contribution in [0, 0.1) is 13.7 Å². The second-order valence-corrected chi connectivity index (χ2v) is 8.33. The summed E-state index contributed by atoms with van der Waals surface area (Å²) in [6, 6.07) is 16.5. The Morgan fingerprint density at radius 2 is 1.85 bits per heavy atom. The first-order valence-corrected chi connectivity index (χ1v) is 11.2. The van der Waals surface area contributed by atoms with Crippen molar-refractivity contribution in [2.75, 3.05) is 6.61 Å². The minimum absolute atomic E-state index is 0.00420. The number of nitrogens with zero attached hydrogens (tertiary/aromatic N) is 2. The molecule has 3 aromatic carbocycles. The zero-order valence-electron chi connectivity index (χ0n) is 17.5. The number of nitro benzene ring substituents is 1. The number of carbonyl (C=O) groups is 1. The van der Waals surface area contributed by atoms with Crippen LogP contribution >= 0.6 is 34.2 Å². The Labute approximate surface area is 208 Å². The maximum absolute atomic E-state index is 12.2. The number of benzene rings is 3. The van der Waals surface area contributed by atoms with Crippen molar-refractivity contribution in [1.29, 1.82) is 0 Å². The van der Waals surface area contributed by atoms with Gasteiger partial charge in [-0.1, -0.05) is 11.6 Å². The van der Waals surface area contributed by atoms with Crippen LogP contribution in [-0.4, -0.2) is 23.7 Å². The van der Waals surface area contributed by atoms with E-state index in [-0.39, 0.29) is 18.2 Å². The van der Waals surface area contributed by atoms with Gasteiger partial charge in [0.05, 0.1) is 22.8 Å². The van der Waals surface area contributed by atoms with Crippen molar-refractivity contribution >= 4 is 52.0 Å². The third kappa shape index (κ3) is 6.90. The first-order chi connectivity index (χ1) is 15.9. The first kappa shape index (κ1) is 24.5. The van der Waals surface area contributed by atoms with Crippen molar-refractivity contribution in [3.8, 4) is 11.5 Å². The molecule has 0 aliphatic heterocycles. The van der Waals surface area contributed by atoms with Gasteiger partial charge >= 0.3 is 0 Å². The van der Waals surface area contributed by atoms with E-state index < -0.39 is 4.92 Å². The summed E-state index contributed by atoms with van der Waals surface area (Å²) in [6.45, 7) is 2.36. The maximum Gasteiger partial charge on any atom is 0.271 e. The maximum atomic E-state index is 12.2. The fraction of sp³-hybridized carbons (Fsp3) is 0.130. The number of hydrogen-bond acceptors (Lipinski definition) is 6. The SMILES string of the molecule is CCOc1cc(/C=N\NC(=O)c2ccc(I)cc2)cc(Cl)c1OCc1ccc([N+](=O)[O-])cc1. The average Bonchev–Trinajstić information content (AvgIpc) is 2.79. The van der Waals surface area contributed by atoms with Crippen LogP contribution in [0.1, 0.15) is 28.4 Å². The lowest BCUT2D eigenvalue weighted by molar-refractivity contribution is -0.384. The van der Waals surface area contributed by atoms with Gasteiger partial charge in [0.1, 0.15) is 6.61 Å². The molecule has 0 aliphatic rings. The van der Waals surface area contributed by atoms with Crippen LogP contribution in [0.5, 0.6) is 11.5 Å². The van der Waals surface area contributed by atoms with Gasteiger partial charge in [-0.3, -0.25) is 14.9 Å². The number of carbonyl (C=O) groups excluding carboxylic acids is 1. The molecule has 0 saturated heterocycles. The largest absolute Gasteiger partial charge is 0.490 e. The Kier molecular flexibility index (Phi) is 8.61. The van der Waals surface area contributed by atoms with E-state index in [9.17, 15) is 14.9 Å². The van der Waals surface area contributed by atoms with Crippen molar-refractivity contribution < 1.29 is 19.2 Å². The molecule has 170 valence electrons. The number of rotatable bonds is 9. The van der Waals surface area contributed by atoms with Gasteiger partial charge in [-0.25, -0.2) is 5.43 Å². The highest BCUT2D eigenvalue weighted by molar-refractivity contribution is 14.1. The molecule has 0 fully saturated rings. The van der Waals surface area contributed by atoms with E-state index >= 15 is 0 Å². The van der Waals surface area contributed by atoms with Crippen LogP contribution in [0.3, 0.4) is 0 Å². The fourth-order valence-corrected chi connectivity index (χ4v) is 3.40. The zero-order valence-corrected chi connectivity index (χ0v) is 20.4. The summed E-state index contributed by atoms with van der Waals surface area (Å²) >= 11 is 8.58. The second kappa shape index (κ2) is 11.6. The number of halogens is 2. The summed E-state index contributed by atoms with van der Waals surface area (Å²) < 4.78 is 12.5. The molecule has 0 atom stereocenters. The third-order valence-corrected chi connectivity index (χ3v) is 5.35. The van der Waals surface area contributed by atoms with E-state index in [0.29, 0.717) is 34.3 Å². The molecule has 0 aliphatic carbocycles. The summed E-state index contributed by atoms with van der Waals surface area (Å²) in [5.41, 5.74) is 4.32. The lowest BCUT2D eigenvalue weighted by Gasteiger charge is -2.14. The Bertz CT molecular complexity index is 1170. The highest BCUT2D eigenvalue weighted by Gasteiger charge is 2.13. The number of amides is 1. The number of ether oxygens (including phenoxy) is 2. The number of non-ortho nitro benzene ring substituents is 1. The monoisotopic (exact) mass is 579 g/mol. The lowest BCUT2D eigenvalue weighted by atomic mass is 10.2. The van der Waals surface area contributed by atoms with Crippen molar-refractivity contribution in [1.82, 2.24) is 5.43 Å². The second-order valence-electron chi connectivity index (χ2n) is 6.68. The molecular weight excluding hydrogens is 561 g/mol. The van der Waals surface area contributed by atoms with E-state index in [0.717, 1.165) is 9.13 Å². The van der Waals surface area contributed by atoms with Crippen LogP contribution < -0.4 is 14.9 Å². The number of hydrazone groups is 1. The van der Waals surface area contributed by atoms with Crippen molar-refractivity contribution in [3.05, 3.63) is 96.1 Å². The van der Waals surface area contributed by atoms with Crippen molar-refractivity contribution in [2.24, 2.45) is 5.10 Å². The quantitative estimate of drug-likeness (QED) is 0.154. The Hall–Kier alpha value is -3.18. The van der Waals surface area contributed by atoms with Crippen LogP contribution in [-0.2, 0) is 6.61 Å². The first-order valence-electron chi connectivity index (χ1n) is 9.79. The summed E-state index contributed by atoms with van der Waals surface area (Å²) in [5, 5.41) is 15.1. The Balaban J connectivity index is 1.70. The zero-order chi connectivity index (χ0) is 23.8. The minimum atomic E-state index is -0.460. The normalized spacial score (nSPS) is 10.8. The third-order valence-electron chi connectivity index (χ3n) is 4.35. The molecule has 3 rings (SSSR count). The molecule has 33 heavy (non-hydrogen) atoms. The van der Waals surface area contributed by atoms with Crippen LogP contribution in [0.2, 0.25) is 5.02 Å². The smallest absolute Gasteiger partial charge is 0.271 e. The summed E-state index contributed by atoms with van der Waals surface area (Å²) in [4.78, 5) is 22.5. The Morgan fingerprint density at radius 1 is 1.15 bits per heavy atom. The number of nitro groups is 1.